The molecule has 0 bridgehead atoms. The van der Waals surface area contributed by atoms with Crippen LogP contribution >= 0.6 is 0 Å². The first kappa shape index (κ1) is 18.7. The minimum absolute atomic E-state index is 0.132. The molecule has 0 aliphatic carbocycles. The molecule has 1 atom stereocenters. The van der Waals surface area contributed by atoms with Crippen molar-refractivity contribution in [2.75, 3.05) is 19.5 Å². The number of anilines is 1. The molecular formula is C15H19N3O6S. The topological polar surface area (TPSA) is 120 Å². The molecule has 2 aromatic rings. The number of rotatable bonds is 7. The molecule has 9 nitrogen and oxygen atoms in total. The van der Waals surface area contributed by atoms with Crippen molar-refractivity contribution in [2.45, 2.75) is 24.8 Å². The monoisotopic (exact) mass is 369 g/mol. The largest absolute Gasteiger partial charge is 0.497 e. The summed E-state index contributed by atoms with van der Waals surface area (Å²) < 4.78 is 42.4. The third-order valence-electron chi connectivity index (χ3n) is 3.26. The fourth-order valence-electron chi connectivity index (χ4n) is 2.00. The van der Waals surface area contributed by atoms with E-state index in [2.05, 4.69) is 15.2 Å². The van der Waals surface area contributed by atoms with E-state index in [-0.39, 0.29) is 16.5 Å². The molecular weight excluding hydrogens is 350 g/mol. The number of nitrogens with zero attached hydrogens (tertiary/aromatic N) is 1. The van der Waals surface area contributed by atoms with Crippen molar-refractivity contribution in [1.82, 2.24) is 9.88 Å². The molecule has 1 aromatic carbocycles. The van der Waals surface area contributed by atoms with E-state index in [1.165, 1.54) is 39.3 Å². The maximum atomic E-state index is 12.6. The molecule has 0 saturated carbocycles. The van der Waals surface area contributed by atoms with E-state index in [0.717, 1.165) is 0 Å². The van der Waals surface area contributed by atoms with Gasteiger partial charge in [-0.25, -0.2) is 8.42 Å². The number of benzene rings is 1. The van der Waals surface area contributed by atoms with Crippen molar-refractivity contribution in [2.24, 2.45) is 0 Å². The normalized spacial score (nSPS) is 12.5. The van der Waals surface area contributed by atoms with Gasteiger partial charge in [0.1, 0.15) is 22.2 Å². The number of aryl methyl sites for hydroxylation is 1. The van der Waals surface area contributed by atoms with E-state index < -0.39 is 22.0 Å². The Balaban J connectivity index is 2.18. The van der Waals surface area contributed by atoms with Crippen molar-refractivity contribution < 1.29 is 27.2 Å². The Morgan fingerprint density at radius 1 is 1.24 bits per heavy atom. The van der Waals surface area contributed by atoms with E-state index >= 15 is 0 Å². The van der Waals surface area contributed by atoms with Gasteiger partial charge < -0.3 is 19.3 Å². The number of nitrogens with one attached hydrogen (secondary N) is 2. The lowest BCUT2D eigenvalue weighted by Gasteiger charge is -2.15. The second kappa shape index (κ2) is 7.53. The first-order valence-corrected chi connectivity index (χ1v) is 8.73. The molecule has 2 N–H and O–H groups in total. The average Bonchev–Trinajstić information content (AvgIpc) is 2.98. The summed E-state index contributed by atoms with van der Waals surface area (Å²) in [5.74, 6) is 0.611. The lowest BCUT2D eigenvalue weighted by molar-refractivity contribution is -0.117. The van der Waals surface area contributed by atoms with Crippen LogP contribution in [0.25, 0.3) is 0 Å². The fourth-order valence-corrected chi connectivity index (χ4v) is 3.39. The molecule has 2 rings (SSSR count). The van der Waals surface area contributed by atoms with Crippen LogP contribution in [0, 0.1) is 6.92 Å². The minimum Gasteiger partial charge on any atom is -0.497 e. The molecule has 136 valence electrons. The van der Waals surface area contributed by atoms with Gasteiger partial charge in [-0.05, 0) is 26.0 Å². The smallest absolute Gasteiger partial charge is 0.245 e. The van der Waals surface area contributed by atoms with Gasteiger partial charge in [0, 0.05) is 12.1 Å². The minimum atomic E-state index is -4.03. The maximum Gasteiger partial charge on any atom is 0.245 e. The highest BCUT2D eigenvalue weighted by Gasteiger charge is 2.26. The van der Waals surface area contributed by atoms with Crippen LogP contribution in [0.5, 0.6) is 11.5 Å². The van der Waals surface area contributed by atoms with Crippen molar-refractivity contribution in [3.8, 4) is 11.5 Å². The SMILES string of the molecule is COc1ccc(OC)c(S(=O)(=O)N[C@@H](C)C(=O)Nc2cc(C)on2)c1. The van der Waals surface area contributed by atoms with Crippen LogP contribution in [-0.4, -0.2) is 39.7 Å². The molecule has 0 unspecified atom stereocenters. The highest BCUT2D eigenvalue weighted by atomic mass is 32.2. The number of ether oxygens (including phenoxy) is 2. The molecule has 0 fully saturated rings. The maximum absolute atomic E-state index is 12.6. The average molecular weight is 369 g/mol. The Morgan fingerprint density at radius 2 is 1.96 bits per heavy atom. The second-order valence-corrected chi connectivity index (χ2v) is 6.85. The summed E-state index contributed by atoms with van der Waals surface area (Å²) in [5, 5.41) is 6.08. The van der Waals surface area contributed by atoms with Gasteiger partial charge in [0.05, 0.1) is 20.3 Å². The number of hydrogen-bond acceptors (Lipinski definition) is 7. The van der Waals surface area contributed by atoms with Crippen LogP contribution < -0.4 is 19.5 Å². The van der Waals surface area contributed by atoms with E-state index in [4.69, 9.17) is 14.0 Å². The molecule has 1 heterocycles. The quantitative estimate of drug-likeness (QED) is 0.755. The summed E-state index contributed by atoms with van der Waals surface area (Å²) in [6.07, 6.45) is 0. The van der Waals surface area contributed by atoms with Gasteiger partial charge in [-0.2, -0.15) is 4.72 Å². The van der Waals surface area contributed by atoms with Gasteiger partial charge in [-0.3, -0.25) is 4.79 Å². The number of aromatic nitrogens is 1. The first-order chi connectivity index (χ1) is 11.8. The Kier molecular flexibility index (Phi) is 5.65. The van der Waals surface area contributed by atoms with E-state index in [9.17, 15) is 13.2 Å². The number of methoxy groups -OCH3 is 2. The number of carbonyl (C=O) groups excluding carboxylic acids is 1. The summed E-state index contributed by atoms with van der Waals surface area (Å²) in [7, 11) is -1.26. The highest BCUT2D eigenvalue weighted by molar-refractivity contribution is 7.89. The van der Waals surface area contributed by atoms with Crippen molar-refractivity contribution >= 4 is 21.7 Å². The molecule has 0 radical (unpaired) electrons. The van der Waals surface area contributed by atoms with Crippen LogP contribution in [0.2, 0.25) is 0 Å². The molecule has 1 aromatic heterocycles. The van der Waals surface area contributed by atoms with Gasteiger partial charge in [0.15, 0.2) is 5.82 Å². The van der Waals surface area contributed by atoms with Crippen LogP contribution in [0.3, 0.4) is 0 Å². The summed E-state index contributed by atoms with van der Waals surface area (Å²) in [5.41, 5.74) is 0. The van der Waals surface area contributed by atoms with Gasteiger partial charge in [-0.15, -0.1) is 0 Å². The summed E-state index contributed by atoms with van der Waals surface area (Å²) in [6, 6.07) is 4.81. The van der Waals surface area contributed by atoms with Crippen LogP contribution in [0.15, 0.2) is 33.7 Å². The molecule has 1 amide bonds. The fraction of sp³-hybridized carbons (Fsp3) is 0.333. The summed E-state index contributed by atoms with van der Waals surface area (Å²) >= 11 is 0. The molecule has 0 aliphatic heterocycles. The molecule has 10 heteroatoms. The highest BCUT2D eigenvalue weighted by Crippen LogP contribution is 2.28. The molecule has 0 saturated heterocycles. The van der Waals surface area contributed by atoms with E-state index in [1.54, 1.807) is 13.0 Å². The van der Waals surface area contributed by atoms with Crippen molar-refractivity contribution in [3.63, 3.8) is 0 Å². The lowest BCUT2D eigenvalue weighted by atomic mass is 10.3. The number of hydrogen-bond donors (Lipinski definition) is 2. The summed E-state index contributed by atoms with van der Waals surface area (Å²) in [4.78, 5) is 12.0. The number of sulfonamides is 1. The third kappa shape index (κ3) is 4.48. The van der Waals surface area contributed by atoms with Crippen LogP contribution in [-0.2, 0) is 14.8 Å². The molecule has 25 heavy (non-hydrogen) atoms. The predicted octanol–water partition coefficient (Wildman–Crippen LogP) is 1.31. The van der Waals surface area contributed by atoms with Crippen LogP contribution in [0.1, 0.15) is 12.7 Å². The Labute approximate surface area is 145 Å². The predicted molar refractivity (Wildman–Crippen MR) is 89.2 cm³/mol. The molecule has 0 aliphatic rings. The zero-order valence-corrected chi connectivity index (χ0v) is 15.0. The van der Waals surface area contributed by atoms with E-state index in [0.29, 0.717) is 11.5 Å². The Hall–Kier alpha value is -2.59. The number of amides is 1. The Bertz CT molecular complexity index is 862. The van der Waals surface area contributed by atoms with Gasteiger partial charge >= 0.3 is 0 Å². The van der Waals surface area contributed by atoms with Gasteiger partial charge in [-0.1, -0.05) is 5.16 Å². The van der Waals surface area contributed by atoms with Gasteiger partial charge in [0.25, 0.3) is 0 Å². The number of carbonyl (C=O) groups is 1. The summed E-state index contributed by atoms with van der Waals surface area (Å²) in [6.45, 7) is 3.08. The third-order valence-corrected chi connectivity index (χ3v) is 4.83. The van der Waals surface area contributed by atoms with Crippen molar-refractivity contribution in [1.29, 1.82) is 0 Å². The molecule has 0 spiro atoms. The first-order valence-electron chi connectivity index (χ1n) is 7.25. The standard InChI is InChI=1S/C15H19N3O6S/c1-9-7-14(17-24-9)16-15(19)10(2)18-25(20,21)13-8-11(22-3)5-6-12(13)23-4/h5-8,10,18H,1-4H3,(H,16,17,19)/t10-/m0/s1. The zero-order valence-electron chi connectivity index (χ0n) is 14.2. The van der Waals surface area contributed by atoms with Gasteiger partial charge in [0.2, 0.25) is 15.9 Å². The second-order valence-electron chi connectivity index (χ2n) is 5.17. The van der Waals surface area contributed by atoms with E-state index in [1.807, 2.05) is 0 Å². The lowest BCUT2D eigenvalue weighted by Crippen LogP contribution is -2.41. The zero-order chi connectivity index (χ0) is 18.6. The Morgan fingerprint density at radius 3 is 2.52 bits per heavy atom. The van der Waals surface area contributed by atoms with Crippen LogP contribution in [0.4, 0.5) is 5.82 Å². The van der Waals surface area contributed by atoms with Crippen molar-refractivity contribution in [3.05, 3.63) is 30.0 Å².